The van der Waals surface area contributed by atoms with E-state index in [1.54, 1.807) is 0 Å². The van der Waals surface area contributed by atoms with Gasteiger partial charge in [0.05, 0.1) is 0 Å². The number of hydrogen-bond donors (Lipinski definition) is 1. The zero-order valence-corrected chi connectivity index (χ0v) is 15.0. The summed E-state index contributed by atoms with van der Waals surface area (Å²) in [7, 11) is 0. The predicted molar refractivity (Wildman–Crippen MR) is 100 cm³/mol. The number of nitrogens with zero attached hydrogens (tertiary/aromatic N) is 3. The van der Waals surface area contributed by atoms with Crippen molar-refractivity contribution in [3.8, 4) is 11.4 Å². The van der Waals surface area contributed by atoms with Crippen LogP contribution < -0.4 is 10.2 Å². The van der Waals surface area contributed by atoms with Crippen molar-refractivity contribution >= 4 is 11.7 Å². The lowest BCUT2D eigenvalue weighted by Crippen LogP contribution is -2.43. The summed E-state index contributed by atoms with van der Waals surface area (Å²) in [6, 6.07) is 12.2. The molecular formula is C20H26N4O. The molecular weight excluding hydrogens is 312 g/mol. The molecule has 5 nitrogen and oxygen atoms in total. The van der Waals surface area contributed by atoms with Crippen molar-refractivity contribution in [1.82, 2.24) is 15.3 Å². The zero-order valence-electron chi connectivity index (χ0n) is 15.0. The van der Waals surface area contributed by atoms with E-state index < -0.39 is 0 Å². The molecule has 1 atom stereocenters. The second-order valence-corrected chi connectivity index (χ2v) is 6.68. The van der Waals surface area contributed by atoms with Crippen LogP contribution in [-0.2, 0) is 4.79 Å². The average molecular weight is 338 g/mol. The SMILES string of the molecule is CCC(C)NC(=O)C1CCN(c2ccnc(-c3ccccc3)n2)CC1. The fourth-order valence-corrected chi connectivity index (χ4v) is 3.09. The Morgan fingerprint density at radius 1 is 1.24 bits per heavy atom. The number of rotatable bonds is 5. The van der Waals surface area contributed by atoms with E-state index in [1.165, 1.54) is 0 Å². The van der Waals surface area contributed by atoms with Crippen LogP contribution in [0.15, 0.2) is 42.6 Å². The fourth-order valence-electron chi connectivity index (χ4n) is 3.09. The van der Waals surface area contributed by atoms with Crippen molar-refractivity contribution in [3.05, 3.63) is 42.6 Å². The molecule has 1 unspecified atom stereocenters. The molecule has 2 heterocycles. The van der Waals surface area contributed by atoms with Crippen LogP contribution in [0, 0.1) is 5.92 Å². The third-order valence-corrected chi connectivity index (χ3v) is 4.86. The van der Waals surface area contributed by atoms with Gasteiger partial charge in [0.15, 0.2) is 5.82 Å². The van der Waals surface area contributed by atoms with Gasteiger partial charge >= 0.3 is 0 Å². The summed E-state index contributed by atoms with van der Waals surface area (Å²) in [5, 5.41) is 3.10. The number of amides is 1. The van der Waals surface area contributed by atoms with Gasteiger partial charge in [-0.2, -0.15) is 0 Å². The minimum absolute atomic E-state index is 0.112. The van der Waals surface area contributed by atoms with Gasteiger partial charge < -0.3 is 10.2 Å². The van der Waals surface area contributed by atoms with E-state index in [2.05, 4.69) is 29.0 Å². The lowest BCUT2D eigenvalue weighted by atomic mass is 9.95. The van der Waals surface area contributed by atoms with Gasteiger partial charge in [0, 0.05) is 36.8 Å². The van der Waals surface area contributed by atoms with Crippen molar-refractivity contribution in [1.29, 1.82) is 0 Å². The molecule has 1 N–H and O–H groups in total. The topological polar surface area (TPSA) is 58.1 Å². The summed E-state index contributed by atoms with van der Waals surface area (Å²) in [6.07, 6.45) is 4.51. The highest BCUT2D eigenvalue weighted by Crippen LogP contribution is 2.24. The second-order valence-electron chi connectivity index (χ2n) is 6.68. The van der Waals surface area contributed by atoms with E-state index >= 15 is 0 Å². The third-order valence-electron chi connectivity index (χ3n) is 4.86. The number of aromatic nitrogens is 2. The number of benzene rings is 1. The largest absolute Gasteiger partial charge is 0.356 e. The van der Waals surface area contributed by atoms with Crippen molar-refractivity contribution < 1.29 is 4.79 Å². The Hall–Kier alpha value is -2.43. The molecule has 1 aliphatic rings. The highest BCUT2D eigenvalue weighted by atomic mass is 16.1. The quantitative estimate of drug-likeness (QED) is 0.909. The first-order chi connectivity index (χ1) is 12.2. The standard InChI is InChI=1S/C20H26N4O/c1-3-15(2)22-20(25)17-10-13-24(14-11-17)18-9-12-21-19(23-18)16-7-5-4-6-8-16/h4-9,12,15,17H,3,10-11,13-14H2,1-2H3,(H,22,25). The Morgan fingerprint density at radius 3 is 2.64 bits per heavy atom. The van der Waals surface area contributed by atoms with Gasteiger partial charge in [0.25, 0.3) is 0 Å². The molecule has 1 aromatic carbocycles. The normalized spacial score (nSPS) is 16.5. The van der Waals surface area contributed by atoms with Crippen molar-refractivity contribution in [2.75, 3.05) is 18.0 Å². The Bertz CT molecular complexity index is 696. The molecule has 1 saturated heterocycles. The number of carbonyl (C=O) groups is 1. The first-order valence-electron chi connectivity index (χ1n) is 9.11. The van der Waals surface area contributed by atoms with Gasteiger partial charge in [-0.25, -0.2) is 9.97 Å². The van der Waals surface area contributed by atoms with Gasteiger partial charge in [-0.1, -0.05) is 37.3 Å². The number of hydrogen-bond acceptors (Lipinski definition) is 4. The molecule has 1 aliphatic heterocycles. The first kappa shape index (κ1) is 17.4. The Labute approximate surface area is 149 Å². The molecule has 0 bridgehead atoms. The molecule has 0 aliphatic carbocycles. The van der Waals surface area contributed by atoms with E-state index in [4.69, 9.17) is 4.98 Å². The monoisotopic (exact) mass is 338 g/mol. The van der Waals surface area contributed by atoms with E-state index in [0.29, 0.717) is 0 Å². The molecule has 5 heteroatoms. The van der Waals surface area contributed by atoms with E-state index in [0.717, 1.165) is 49.6 Å². The Balaban J connectivity index is 1.63. The lowest BCUT2D eigenvalue weighted by Gasteiger charge is -2.32. The van der Waals surface area contributed by atoms with Crippen LogP contribution in [0.3, 0.4) is 0 Å². The fraction of sp³-hybridized carbons (Fsp3) is 0.450. The maximum Gasteiger partial charge on any atom is 0.223 e. The van der Waals surface area contributed by atoms with Crippen LogP contribution in [0.4, 0.5) is 5.82 Å². The van der Waals surface area contributed by atoms with Crippen molar-refractivity contribution in [3.63, 3.8) is 0 Å². The molecule has 1 aromatic heterocycles. The van der Waals surface area contributed by atoms with Gasteiger partial charge in [-0.3, -0.25) is 4.79 Å². The van der Waals surface area contributed by atoms with Crippen LogP contribution in [0.2, 0.25) is 0 Å². The molecule has 1 amide bonds. The minimum atomic E-state index is 0.112. The molecule has 1 fully saturated rings. The molecule has 2 aromatic rings. The Morgan fingerprint density at radius 2 is 1.96 bits per heavy atom. The predicted octanol–water partition coefficient (Wildman–Crippen LogP) is 3.27. The number of anilines is 1. The molecule has 0 saturated carbocycles. The smallest absolute Gasteiger partial charge is 0.223 e. The zero-order chi connectivity index (χ0) is 17.6. The van der Waals surface area contributed by atoms with Crippen molar-refractivity contribution in [2.24, 2.45) is 5.92 Å². The molecule has 132 valence electrons. The average Bonchev–Trinajstić information content (AvgIpc) is 2.68. The van der Waals surface area contributed by atoms with Gasteiger partial charge in [-0.05, 0) is 32.3 Å². The highest BCUT2D eigenvalue weighted by molar-refractivity contribution is 5.79. The van der Waals surface area contributed by atoms with Crippen LogP contribution >= 0.6 is 0 Å². The number of nitrogens with one attached hydrogen (secondary N) is 1. The van der Waals surface area contributed by atoms with Crippen LogP contribution in [0.5, 0.6) is 0 Å². The summed E-state index contributed by atoms with van der Waals surface area (Å²) in [5.41, 5.74) is 1.02. The molecule has 25 heavy (non-hydrogen) atoms. The number of carbonyl (C=O) groups excluding carboxylic acids is 1. The van der Waals surface area contributed by atoms with E-state index in [9.17, 15) is 4.79 Å². The number of piperidine rings is 1. The minimum Gasteiger partial charge on any atom is -0.356 e. The summed E-state index contributed by atoms with van der Waals surface area (Å²) < 4.78 is 0. The van der Waals surface area contributed by atoms with Crippen LogP contribution in [-0.4, -0.2) is 35.0 Å². The second kappa shape index (κ2) is 8.10. The van der Waals surface area contributed by atoms with Gasteiger partial charge in [-0.15, -0.1) is 0 Å². The van der Waals surface area contributed by atoms with Gasteiger partial charge in [0.1, 0.15) is 5.82 Å². The third kappa shape index (κ3) is 4.35. The van der Waals surface area contributed by atoms with Crippen molar-refractivity contribution in [2.45, 2.75) is 39.2 Å². The maximum atomic E-state index is 12.3. The van der Waals surface area contributed by atoms with Gasteiger partial charge in [0.2, 0.25) is 5.91 Å². The van der Waals surface area contributed by atoms with Crippen LogP contribution in [0.25, 0.3) is 11.4 Å². The molecule has 0 radical (unpaired) electrons. The Kier molecular flexibility index (Phi) is 5.64. The van der Waals surface area contributed by atoms with E-state index in [-0.39, 0.29) is 17.9 Å². The van der Waals surface area contributed by atoms with E-state index in [1.807, 2.05) is 42.6 Å². The lowest BCUT2D eigenvalue weighted by molar-refractivity contribution is -0.126. The highest BCUT2D eigenvalue weighted by Gasteiger charge is 2.26. The first-order valence-corrected chi connectivity index (χ1v) is 9.11. The summed E-state index contributed by atoms with van der Waals surface area (Å²) in [6.45, 7) is 5.85. The molecule has 3 rings (SSSR count). The summed E-state index contributed by atoms with van der Waals surface area (Å²) >= 11 is 0. The summed E-state index contributed by atoms with van der Waals surface area (Å²) in [4.78, 5) is 23.6. The summed E-state index contributed by atoms with van der Waals surface area (Å²) in [5.74, 6) is 1.99. The van der Waals surface area contributed by atoms with Crippen LogP contribution in [0.1, 0.15) is 33.1 Å². The maximum absolute atomic E-state index is 12.3. The molecule has 0 spiro atoms.